The van der Waals surface area contributed by atoms with E-state index in [1.54, 1.807) is 0 Å². The van der Waals surface area contributed by atoms with Gasteiger partial charge in [-0.15, -0.1) is 0 Å². The van der Waals surface area contributed by atoms with Gasteiger partial charge in [0.15, 0.2) is 0 Å². The van der Waals surface area contributed by atoms with E-state index in [2.05, 4.69) is 35.1 Å². The molecule has 0 fully saturated rings. The molecule has 0 aliphatic rings. The van der Waals surface area contributed by atoms with Gasteiger partial charge in [-0.1, -0.05) is 4.32 Å². The summed E-state index contributed by atoms with van der Waals surface area (Å²) in [6.45, 7) is 1.81. The summed E-state index contributed by atoms with van der Waals surface area (Å²) in [4.78, 5) is 2.07. The Morgan fingerprint density at radius 1 is 1.60 bits per heavy atom. The van der Waals surface area contributed by atoms with Crippen molar-refractivity contribution in [3.05, 3.63) is 0 Å². The molecule has 0 radical (unpaired) electrons. The fourth-order valence-corrected chi connectivity index (χ4v) is 0.586. The van der Waals surface area contributed by atoms with Gasteiger partial charge in [-0.25, -0.2) is 0 Å². The molecule has 0 amide bonds. The van der Waals surface area contributed by atoms with Crippen LogP contribution in [0.5, 0.6) is 0 Å². The second-order valence-corrected chi connectivity index (χ2v) is 3.09. The summed E-state index contributed by atoms with van der Waals surface area (Å²) in [6.07, 6.45) is 0. The molecule has 0 heterocycles. The van der Waals surface area contributed by atoms with Crippen molar-refractivity contribution in [2.45, 2.75) is 0 Å². The summed E-state index contributed by atoms with van der Waals surface area (Å²) in [5, 5.41) is 2.88. The van der Waals surface area contributed by atoms with Crippen LogP contribution in [-0.4, -0.2) is 36.4 Å². The molecule has 5 heteroatoms. The van der Waals surface area contributed by atoms with Crippen molar-refractivity contribution in [2.24, 2.45) is 0 Å². The Balaban J connectivity index is 0. The Morgan fingerprint density at radius 2 is 2.10 bits per heavy atom. The van der Waals surface area contributed by atoms with Crippen LogP contribution in [0.1, 0.15) is 0 Å². The largest absolute Gasteiger partial charge is 1.00 e. The average Bonchev–Trinajstić information content (AvgIpc) is 1.63. The zero-order chi connectivity index (χ0) is 7.28. The number of thiocarbonyl (C=S) groups is 1. The Hall–Kier alpha value is 1.71. The van der Waals surface area contributed by atoms with Crippen LogP contribution in [0.2, 0.25) is 0 Å². The first-order valence-corrected chi connectivity index (χ1v) is 3.54. The third kappa shape index (κ3) is 12.4. The smallest absolute Gasteiger partial charge is 0.412 e. The standard InChI is InChI=1S/C5H12N2S2.K/c1-7(2)4-3-6-5(8)9;/h3-4H2,1-2H3,(H2,6,8,9);/q;+1/p-1. The van der Waals surface area contributed by atoms with Gasteiger partial charge in [0.2, 0.25) is 0 Å². The zero-order valence-corrected chi connectivity index (χ0v) is 11.4. The first-order valence-electron chi connectivity index (χ1n) is 2.72. The number of nitrogens with zero attached hydrogens (tertiary/aromatic N) is 1. The van der Waals surface area contributed by atoms with Gasteiger partial charge in [0.05, 0.1) is 0 Å². The second-order valence-electron chi connectivity index (χ2n) is 2.02. The van der Waals surface area contributed by atoms with Crippen LogP contribution < -0.4 is 56.7 Å². The van der Waals surface area contributed by atoms with Crippen LogP contribution in [0.3, 0.4) is 0 Å². The molecule has 54 valence electrons. The molecule has 0 unspecified atom stereocenters. The number of rotatable bonds is 3. The molecule has 0 aromatic carbocycles. The van der Waals surface area contributed by atoms with Crippen molar-refractivity contribution in [3.63, 3.8) is 0 Å². The van der Waals surface area contributed by atoms with Gasteiger partial charge in [-0.3, -0.25) is 0 Å². The third-order valence-electron chi connectivity index (χ3n) is 0.828. The Kier molecular flexibility index (Phi) is 12.5. The molecule has 0 rings (SSSR count). The molecule has 0 spiro atoms. The molecule has 1 N–H and O–H groups in total. The predicted octanol–water partition coefficient (Wildman–Crippen LogP) is -3.03. The molecule has 0 saturated heterocycles. The van der Waals surface area contributed by atoms with E-state index in [-0.39, 0.29) is 51.4 Å². The van der Waals surface area contributed by atoms with Crippen molar-refractivity contribution in [1.29, 1.82) is 0 Å². The molecule has 0 aliphatic heterocycles. The van der Waals surface area contributed by atoms with Crippen LogP contribution in [-0.2, 0) is 12.6 Å². The van der Waals surface area contributed by atoms with Crippen molar-refractivity contribution < 1.29 is 51.4 Å². The molecule has 10 heavy (non-hydrogen) atoms. The van der Waals surface area contributed by atoms with E-state index < -0.39 is 0 Å². The minimum absolute atomic E-state index is 0. The van der Waals surface area contributed by atoms with Gasteiger partial charge in [0, 0.05) is 13.1 Å². The Labute approximate surface area is 116 Å². The van der Waals surface area contributed by atoms with E-state index in [4.69, 9.17) is 0 Å². The van der Waals surface area contributed by atoms with E-state index in [0.29, 0.717) is 4.32 Å². The molecular formula is C5H11KN2S2. The summed E-state index contributed by atoms with van der Waals surface area (Å²) in [6, 6.07) is 0. The number of hydrogen-bond donors (Lipinski definition) is 1. The Bertz CT molecular complexity index is 97.6. The van der Waals surface area contributed by atoms with E-state index >= 15 is 0 Å². The molecule has 2 nitrogen and oxygen atoms in total. The minimum Gasteiger partial charge on any atom is -0.412 e. The number of nitrogens with one attached hydrogen (secondary N) is 1. The molecule has 0 aliphatic carbocycles. The van der Waals surface area contributed by atoms with E-state index in [1.807, 2.05) is 14.1 Å². The third-order valence-corrected chi connectivity index (χ3v) is 1.12. The number of hydrogen-bond acceptors (Lipinski definition) is 3. The van der Waals surface area contributed by atoms with Crippen LogP contribution in [0.4, 0.5) is 0 Å². The van der Waals surface area contributed by atoms with E-state index in [9.17, 15) is 0 Å². The quantitative estimate of drug-likeness (QED) is 0.297. The first-order chi connectivity index (χ1) is 4.13. The average molecular weight is 202 g/mol. The van der Waals surface area contributed by atoms with Crippen molar-refractivity contribution >= 4 is 29.2 Å². The first kappa shape index (κ1) is 14.2. The maximum atomic E-state index is 4.63. The van der Waals surface area contributed by atoms with Crippen LogP contribution in [0.25, 0.3) is 0 Å². The zero-order valence-electron chi connectivity index (χ0n) is 6.68. The molecule has 0 saturated carbocycles. The second kappa shape index (κ2) is 8.80. The van der Waals surface area contributed by atoms with Gasteiger partial charge < -0.3 is 35.1 Å². The number of likely N-dealkylation sites (N-methyl/N-ethyl adjacent to an activating group) is 1. The van der Waals surface area contributed by atoms with Gasteiger partial charge in [0.1, 0.15) is 0 Å². The SMILES string of the molecule is CN(C)CCNC(=S)[S-].[K+]. The van der Waals surface area contributed by atoms with Gasteiger partial charge >= 0.3 is 51.4 Å². The summed E-state index contributed by atoms with van der Waals surface area (Å²) in [7, 11) is 4.02. The monoisotopic (exact) mass is 202 g/mol. The molecular weight excluding hydrogens is 191 g/mol. The van der Waals surface area contributed by atoms with Crippen LogP contribution in [0.15, 0.2) is 0 Å². The van der Waals surface area contributed by atoms with Crippen molar-refractivity contribution in [3.8, 4) is 0 Å². The normalized spacial score (nSPS) is 8.70. The summed E-state index contributed by atoms with van der Waals surface area (Å²) in [5.41, 5.74) is 0. The molecule has 0 atom stereocenters. The topological polar surface area (TPSA) is 15.3 Å². The minimum atomic E-state index is 0. The van der Waals surface area contributed by atoms with Crippen LogP contribution in [0, 0.1) is 0 Å². The van der Waals surface area contributed by atoms with E-state index in [1.165, 1.54) is 0 Å². The Morgan fingerprint density at radius 3 is 2.40 bits per heavy atom. The van der Waals surface area contributed by atoms with Gasteiger partial charge in [0.25, 0.3) is 0 Å². The molecule has 0 aromatic rings. The van der Waals surface area contributed by atoms with Crippen LogP contribution >= 0.6 is 12.2 Å². The molecule has 0 aromatic heterocycles. The summed E-state index contributed by atoms with van der Waals surface area (Å²) in [5.74, 6) is 0. The van der Waals surface area contributed by atoms with Crippen molar-refractivity contribution in [1.82, 2.24) is 10.2 Å². The fraction of sp³-hybridized carbons (Fsp3) is 0.800. The maximum Gasteiger partial charge on any atom is 1.00 e. The van der Waals surface area contributed by atoms with Gasteiger partial charge in [-0.05, 0) is 14.1 Å². The molecule has 0 bridgehead atoms. The van der Waals surface area contributed by atoms with Gasteiger partial charge in [-0.2, -0.15) is 0 Å². The maximum absolute atomic E-state index is 4.63. The van der Waals surface area contributed by atoms with E-state index in [0.717, 1.165) is 13.1 Å². The fourth-order valence-electron chi connectivity index (χ4n) is 0.382. The van der Waals surface area contributed by atoms with Crippen molar-refractivity contribution in [2.75, 3.05) is 27.2 Å². The predicted molar refractivity (Wildman–Crippen MR) is 46.5 cm³/mol. The summed E-state index contributed by atoms with van der Waals surface area (Å²) >= 11 is 9.27. The summed E-state index contributed by atoms with van der Waals surface area (Å²) < 4.78 is 0.455.